The molecular weight excluding hydrogens is 287 g/mol. The third-order valence-electron chi connectivity index (χ3n) is 2.25. The molecule has 0 heterocycles. The Hall–Kier alpha value is -1.26. The Kier molecular flexibility index (Phi) is 6.67. The highest BCUT2D eigenvalue weighted by Gasteiger charge is 2.15. The number of carbonyl (C=O) groups is 1. The van der Waals surface area contributed by atoms with E-state index in [1.165, 1.54) is 0 Å². The van der Waals surface area contributed by atoms with Gasteiger partial charge < -0.3 is 4.74 Å². The summed E-state index contributed by atoms with van der Waals surface area (Å²) in [6, 6.07) is 4.82. The first-order valence-electron chi connectivity index (χ1n) is 5.97. The molecule has 4 nitrogen and oxygen atoms in total. The molecule has 0 aliphatic heterocycles. The predicted octanol–water partition coefficient (Wildman–Crippen LogP) is 3.66. The minimum atomic E-state index is -0.697. The number of hydrazone groups is 1. The van der Waals surface area contributed by atoms with Crippen LogP contribution in [0.25, 0.3) is 0 Å². The van der Waals surface area contributed by atoms with Crippen LogP contribution < -0.4 is 10.2 Å². The number of nitrogens with one attached hydrogen (secondary N) is 1. The van der Waals surface area contributed by atoms with Crippen molar-refractivity contribution >= 4 is 35.3 Å². The van der Waals surface area contributed by atoms with Gasteiger partial charge in [0.1, 0.15) is 5.75 Å². The van der Waals surface area contributed by atoms with E-state index in [0.717, 1.165) is 12.8 Å². The number of carbonyl (C=O) groups excluding carboxylic acids is 1. The zero-order valence-corrected chi connectivity index (χ0v) is 12.3. The number of hydrogen-bond donors (Lipinski definition) is 1. The second-order valence-electron chi connectivity index (χ2n) is 3.91. The summed E-state index contributed by atoms with van der Waals surface area (Å²) in [4.78, 5) is 11.7. The number of rotatable bonds is 6. The summed E-state index contributed by atoms with van der Waals surface area (Å²) in [7, 11) is 0. The van der Waals surface area contributed by atoms with Gasteiger partial charge in [0.05, 0.1) is 5.02 Å². The van der Waals surface area contributed by atoms with Crippen molar-refractivity contribution in [3.05, 3.63) is 28.2 Å². The summed E-state index contributed by atoms with van der Waals surface area (Å²) in [5.74, 6) is 0.0737. The Bertz CT molecular complexity index is 464. The third kappa shape index (κ3) is 5.49. The summed E-state index contributed by atoms with van der Waals surface area (Å²) in [6.07, 6.45) is 2.75. The van der Waals surface area contributed by atoms with E-state index in [1.807, 2.05) is 6.92 Å². The summed E-state index contributed by atoms with van der Waals surface area (Å²) >= 11 is 11.7. The lowest BCUT2D eigenvalue weighted by Gasteiger charge is -2.14. The number of benzene rings is 1. The second kappa shape index (κ2) is 8.02. The lowest BCUT2D eigenvalue weighted by Crippen LogP contribution is -2.33. The fraction of sp³-hybridized carbons (Fsp3) is 0.385. The van der Waals surface area contributed by atoms with Crippen molar-refractivity contribution in [3.63, 3.8) is 0 Å². The molecule has 1 rings (SSSR count). The first-order valence-corrected chi connectivity index (χ1v) is 6.73. The maximum atomic E-state index is 11.7. The Morgan fingerprint density at radius 3 is 2.89 bits per heavy atom. The monoisotopic (exact) mass is 302 g/mol. The Morgan fingerprint density at radius 2 is 2.26 bits per heavy atom. The van der Waals surface area contributed by atoms with Crippen LogP contribution >= 0.6 is 23.2 Å². The van der Waals surface area contributed by atoms with Gasteiger partial charge in [-0.05, 0) is 31.5 Å². The van der Waals surface area contributed by atoms with Crippen LogP contribution in [0.3, 0.4) is 0 Å². The van der Waals surface area contributed by atoms with Gasteiger partial charge in [0.2, 0.25) is 0 Å². The number of hydrogen-bond acceptors (Lipinski definition) is 3. The maximum absolute atomic E-state index is 11.7. The third-order valence-corrected chi connectivity index (χ3v) is 2.78. The van der Waals surface area contributed by atoms with E-state index in [2.05, 4.69) is 10.5 Å². The predicted molar refractivity (Wildman–Crippen MR) is 78.1 cm³/mol. The molecule has 104 valence electrons. The van der Waals surface area contributed by atoms with Gasteiger partial charge in [0, 0.05) is 11.2 Å². The minimum absolute atomic E-state index is 0.335. The molecule has 0 radical (unpaired) electrons. The van der Waals surface area contributed by atoms with Gasteiger partial charge in [-0.15, -0.1) is 0 Å². The molecule has 0 saturated carbocycles. The van der Waals surface area contributed by atoms with Crippen molar-refractivity contribution in [2.45, 2.75) is 32.8 Å². The van der Waals surface area contributed by atoms with Crippen LogP contribution in [0.15, 0.2) is 23.3 Å². The van der Waals surface area contributed by atoms with Crippen LogP contribution in [-0.4, -0.2) is 18.2 Å². The first-order chi connectivity index (χ1) is 9.04. The number of halogens is 2. The SMILES string of the molecule is CCCC=NNC(=O)C(C)Oc1ccc(Cl)cc1Cl. The van der Waals surface area contributed by atoms with Crippen molar-refractivity contribution in [1.82, 2.24) is 5.43 Å². The van der Waals surface area contributed by atoms with Gasteiger partial charge >= 0.3 is 0 Å². The average Bonchev–Trinajstić information content (AvgIpc) is 2.37. The number of amides is 1. The molecule has 0 aliphatic rings. The molecule has 0 spiro atoms. The lowest BCUT2D eigenvalue weighted by atomic mass is 10.3. The summed E-state index contributed by atoms with van der Waals surface area (Å²) in [5.41, 5.74) is 2.40. The van der Waals surface area contributed by atoms with E-state index in [4.69, 9.17) is 27.9 Å². The molecule has 0 saturated heterocycles. The molecule has 1 unspecified atom stereocenters. The number of nitrogens with zero attached hydrogens (tertiary/aromatic N) is 1. The molecule has 0 aliphatic carbocycles. The number of unbranched alkanes of at least 4 members (excludes halogenated alkanes) is 1. The summed E-state index contributed by atoms with van der Waals surface area (Å²) < 4.78 is 5.44. The van der Waals surface area contributed by atoms with Crippen LogP contribution in [-0.2, 0) is 4.79 Å². The normalized spacial score (nSPS) is 12.4. The lowest BCUT2D eigenvalue weighted by molar-refractivity contribution is -0.127. The van der Waals surface area contributed by atoms with Crippen molar-refractivity contribution in [2.75, 3.05) is 0 Å². The minimum Gasteiger partial charge on any atom is -0.479 e. The Balaban J connectivity index is 2.54. The Labute approximate surface area is 122 Å². The molecule has 0 bridgehead atoms. The summed E-state index contributed by atoms with van der Waals surface area (Å²) in [6.45, 7) is 3.65. The van der Waals surface area contributed by atoms with E-state index >= 15 is 0 Å². The molecule has 1 aromatic rings. The fourth-order valence-corrected chi connectivity index (χ4v) is 1.66. The van der Waals surface area contributed by atoms with Crippen molar-refractivity contribution in [1.29, 1.82) is 0 Å². The van der Waals surface area contributed by atoms with Gasteiger partial charge in [0.25, 0.3) is 5.91 Å². The van der Waals surface area contributed by atoms with Crippen molar-refractivity contribution in [3.8, 4) is 5.75 Å². The standard InChI is InChI=1S/C13H16Cl2N2O2/c1-3-4-7-16-17-13(18)9(2)19-12-6-5-10(14)8-11(12)15/h5-9H,3-4H2,1-2H3,(H,17,18). The maximum Gasteiger partial charge on any atom is 0.280 e. The van der Waals surface area contributed by atoms with E-state index < -0.39 is 6.10 Å². The van der Waals surface area contributed by atoms with Crippen LogP contribution in [0.1, 0.15) is 26.7 Å². The summed E-state index contributed by atoms with van der Waals surface area (Å²) in [5, 5.41) is 4.68. The molecular formula is C13H16Cl2N2O2. The zero-order valence-electron chi connectivity index (χ0n) is 10.8. The molecule has 1 atom stereocenters. The van der Waals surface area contributed by atoms with Crippen LogP contribution in [0, 0.1) is 0 Å². The molecule has 0 fully saturated rings. The van der Waals surface area contributed by atoms with Crippen molar-refractivity contribution in [2.24, 2.45) is 5.10 Å². The highest BCUT2D eigenvalue weighted by molar-refractivity contribution is 6.35. The molecule has 0 aromatic heterocycles. The van der Waals surface area contributed by atoms with Crippen LogP contribution in [0.2, 0.25) is 10.0 Å². The van der Waals surface area contributed by atoms with Gasteiger partial charge in [-0.2, -0.15) is 5.10 Å². The quantitative estimate of drug-likeness (QED) is 0.644. The molecule has 1 N–H and O–H groups in total. The smallest absolute Gasteiger partial charge is 0.280 e. The first kappa shape index (κ1) is 15.8. The van der Waals surface area contributed by atoms with Crippen LogP contribution in [0.4, 0.5) is 0 Å². The Morgan fingerprint density at radius 1 is 1.53 bits per heavy atom. The van der Waals surface area contributed by atoms with Gasteiger partial charge in [-0.1, -0.05) is 36.5 Å². The average molecular weight is 303 g/mol. The van der Waals surface area contributed by atoms with E-state index in [0.29, 0.717) is 15.8 Å². The zero-order chi connectivity index (χ0) is 14.3. The van der Waals surface area contributed by atoms with E-state index in [9.17, 15) is 4.79 Å². The van der Waals surface area contributed by atoms with Gasteiger partial charge in [-0.3, -0.25) is 4.79 Å². The highest BCUT2D eigenvalue weighted by Crippen LogP contribution is 2.28. The topological polar surface area (TPSA) is 50.7 Å². The van der Waals surface area contributed by atoms with E-state index in [1.54, 1.807) is 31.3 Å². The number of ether oxygens (including phenoxy) is 1. The van der Waals surface area contributed by atoms with Crippen LogP contribution in [0.5, 0.6) is 5.75 Å². The second-order valence-corrected chi connectivity index (χ2v) is 4.75. The van der Waals surface area contributed by atoms with Gasteiger partial charge in [-0.25, -0.2) is 5.43 Å². The highest BCUT2D eigenvalue weighted by atomic mass is 35.5. The molecule has 1 aromatic carbocycles. The van der Waals surface area contributed by atoms with Crippen molar-refractivity contribution < 1.29 is 9.53 Å². The van der Waals surface area contributed by atoms with E-state index in [-0.39, 0.29) is 5.91 Å². The fourth-order valence-electron chi connectivity index (χ4n) is 1.21. The molecule has 19 heavy (non-hydrogen) atoms. The largest absolute Gasteiger partial charge is 0.479 e. The molecule has 1 amide bonds. The van der Waals surface area contributed by atoms with Gasteiger partial charge in [0.15, 0.2) is 6.10 Å². The molecule has 6 heteroatoms.